The van der Waals surface area contributed by atoms with Gasteiger partial charge in [-0.3, -0.25) is 4.79 Å². The summed E-state index contributed by atoms with van der Waals surface area (Å²) in [5, 5.41) is 2.74. The molecule has 98 valence electrons. The first-order chi connectivity index (χ1) is 9.19. The molecule has 1 aromatic carbocycles. The van der Waals surface area contributed by atoms with Crippen LogP contribution in [-0.4, -0.2) is 18.0 Å². The van der Waals surface area contributed by atoms with Gasteiger partial charge in [-0.25, -0.2) is 9.37 Å². The predicted molar refractivity (Wildman–Crippen MR) is 68.4 cm³/mol. The Bertz CT molecular complexity index is 570. The number of aromatic nitrogens is 1. The van der Waals surface area contributed by atoms with Crippen LogP contribution in [0, 0.1) is 5.82 Å². The second kappa shape index (κ2) is 5.95. The van der Waals surface area contributed by atoms with Gasteiger partial charge in [-0.1, -0.05) is 0 Å². The maximum absolute atomic E-state index is 12.7. The summed E-state index contributed by atoms with van der Waals surface area (Å²) in [5.74, 6) is -0.125. The van der Waals surface area contributed by atoms with Crippen molar-refractivity contribution in [1.82, 2.24) is 10.3 Å². The quantitative estimate of drug-likeness (QED) is 0.916. The third kappa shape index (κ3) is 3.51. The lowest BCUT2D eigenvalue weighted by molar-refractivity contribution is 0.0951. The van der Waals surface area contributed by atoms with Crippen molar-refractivity contribution in [3.8, 4) is 5.88 Å². The Hall–Kier alpha value is -2.43. The number of carbonyl (C=O) groups is 1. The molecule has 1 N–H and O–H groups in total. The van der Waals surface area contributed by atoms with E-state index in [-0.39, 0.29) is 11.7 Å². The number of nitrogens with zero attached hydrogens (tertiary/aromatic N) is 1. The molecular weight excluding hydrogens is 247 g/mol. The summed E-state index contributed by atoms with van der Waals surface area (Å²) in [6.07, 6.45) is 1.61. The molecule has 0 bridgehead atoms. The van der Waals surface area contributed by atoms with E-state index >= 15 is 0 Å². The molecule has 0 fully saturated rings. The summed E-state index contributed by atoms with van der Waals surface area (Å²) in [6.45, 7) is 0.356. The average Bonchev–Trinajstić information content (AvgIpc) is 2.46. The number of pyridine rings is 1. The maximum Gasteiger partial charge on any atom is 0.251 e. The highest BCUT2D eigenvalue weighted by molar-refractivity contribution is 5.94. The average molecular weight is 260 g/mol. The molecule has 0 saturated heterocycles. The molecule has 4 nitrogen and oxygen atoms in total. The van der Waals surface area contributed by atoms with Gasteiger partial charge < -0.3 is 10.1 Å². The molecule has 0 saturated carbocycles. The summed E-state index contributed by atoms with van der Waals surface area (Å²) in [6, 6.07) is 8.92. The van der Waals surface area contributed by atoms with E-state index in [9.17, 15) is 9.18 Å². The highest BCUT2D eigenvalue weighted by Gasteiger charge is 2.05. The van der Waals surface area contributed by atoms with Crippen LogP contribution in [0.3, 0.4) is 0 Å². The van der Waals surface area contributed by atoms with Crippen LogP contribution in [0.2, 0.25) is 0 Å². The Labute approximate surface area is 110 Å². The number of hydrogen-bond acceptors (Lipinski definition) is 3. The van der Waals surface area contributed by atoms with Crippen molar-refractivity contribution in [3.05, 3.63) is 59.5 Å². The first-order valence-corrected chi connectivity index (χ1v) is 5.72. The zero-order valence-electron chi connectivity index (χ0n) is 10.4. The van der Waals surface area contributed by atoms with Crippen LogP contribution in [0.5, 0.6) is 5.88 Å². The summed E-state index contributed by atoms with van der Waals surface area (Å²) >= 11 is 0. The lowest BCUT2D eigenvalue weighted by Gasteiger charge is -2.06. The topological polar surface area (TPSA) is 51.2 Å². The third-order valence-electron chi connectivity index (χ3n) is 2.57. The van der Waals surface area contributed by atoms with Crippen molar-refractivity contribution in [1.29, 1.82) is 0 Å². The number of methoxy groups -OCH3 is 1. The number of carbonyl (C=O) groups excluding carboxylic acids is 1. The molecular formula is C14H13FN2O2. The normalized spacial score (nSPS) is 10.0. The van der Waals surface area contributed by atoms with Crippen molar-refractivity contribution in [2.75, 3.05) is 7.11 Å². The lowest BCUT2D eigenvalue weighted by Crippen LogP contribution is -2.22. The van der Waals surface area contributed by atoms with Crippen LogP contribution in [-0.2, 0) is 6.54 Å². The zero-order valence-corrected chi connectivity index (χ0v) is 10.4. The van der Waals surface area contributed by atoms with Crippen LogP contribution < -0.4 is 10.1 Å². The SMILES string of the molecule is COc1cc(CNC(=O)c2ccc(F)cc2)ccn1. The first-order valence-electron chi connectivity index (χ1n) is 5.72. The van der Waals surface area contributed by atoms with E-state index < -0.39 is 0 Å². The van der Waals surface area contributed by atoms with Gasteiger partial charge in [0.15, 0.2) is 0 Å². The third-order valence-corrected chi connectivity index (χ3v) is 2.57. The number of halogens is 1. The predicted octanol–water partition coefficient (Wildman–Crippen LogP) is 2.16. The Balaban J connectivity index is 1.98. The van der Waals surface area contributed by atoms with Crippen molar-refractivity contribution in [3.63, 3.8) is 0 Å². The van der Waals surface area contributed by atoms with Gasteiger partial charge >= 0.3 is 0 Å². The van der Waals surface area contributed by atoms with E-state index in [4.69, 9.17) is 4.74 Å². The Morgan fingerprint density at radius 1 is 1.32 bits per heavy atom. The molecule has 0 unspecified atom stereocenters. The lowest BCUT2D eigenvalue weighted by atomic mass is 10.2. The summed E-state index contributed by atoms with van der Waals surface area (Å²) in [4.78, 5) is 15.8. The molecule has 0 aliphatic rings. The fraction of sp³-hybridized carbons (Fsp3) is 0.143. The van der Waals surface area contributed by atoms with E-state index in [1.54, 1.807) is 18.3 Å². The second-order valence-corrected chi connectivity index (χ2v) is 3.90. The van der Waals surface area contributed by atoms with Crippen LogP contribution in [0.15, 0.2) is 42.6 Å². The monoisotopic (exact) mass is 260 g/mol. The van der Waals surface area contributed by atoms with Crippen LogP contribution in [0.4, 0.5) is 4.39 Å². The standard InChI is InChI=1S/C14H13FN2O2/c1-19-13-8-10(6-7-16-13)9-17-14(18)11-2-4-12(15)5-3-11/h2-8H,9H2,1H3,(H,17,18). The largest absolute Gasteiger partial charge is 0.481 e. The summed E-state index contributed by atoms with van der Waals surface area (Å²) < 4.78 is 17.7. The van der Waals surface area contributed by atoms with Crippen molar-refractivity contribution >= 4 is 5.91 Å². The number of nitrogens with one attached hydrogen (secondary N) is 1. The maximum atomic E-state index is 12.7. The molecule has 2 aromatic rings. The number of ether oxygens (including phenoxy) is 1. The highest BCUT2D eigenvalue weighted by Crippen LogP contribution is 2.08. The van der Waals surface area contributed by atoms with E-state index in [0.717, 1.165) is 5.56 Å². The van der Waals surface area contributed by atoms with Gasteiger partial charge in [0.1, 0.15) is 5.82 Å². The molecule has 1 aromatic heterocycles. The van der Waals surface area contributed by atoms with Gasteiger partial charge in [0.05, 0.1) is 7.11 Å². The van der Waals surface area contributed by atoms with Gasteiger partial charge in [-0.2, -0.15) is 0 Å². The van der Waals surface area contributed by atoms with Crippen LogP contribution in [0.1, 0.15) is 15.9 Å². The van der Waals surface area contributed by atoms with Gasteiger partial charge in [0, 0.05) is 24.4 Å². The Morgan fingerprint density at radius 2 is 2.05 bits per heavy atom. The molecule has 0 atom stereocenters. The second-order valence-electron chi connectivity index (χ2n) is 3.90. The summed E-state index contributed by atoms with van der Waals surface area (Å²) in [5.41, 5.74) is 1.30. The fourth-order valence-electron chi connectivity index (χ4n) is 1.56. The van der Waals surface area contributed by atoms with E-state index in [2.05, 4.69) is 10.3 Å². The number of hydrogen-bond donors (Lipinski definition) is 1. The Kier molecular flexibility index (Phi) is 4.07. The smallest absolute Gasteiger partial charge is 0.251 e. The minimum Gasteiger partial charge on any atom is -0.481 e. The van der Waals surface area contributed by atoms with Crippen molar-refractivity contribution in [2.45, 2.75) is 6.54 Å². The van der Waals surface area contributed by atoms with Crippen LogP contribution in [0.25, 0.3) is 0 Å². The highest BCUT2D eigenvalue weighted by atomic mass is 19.1. The summed E-state index contributed by atoms with van der Waals surface area (Å²) in [7, 11) is 1.53. The Morgan fingerprint density at radius 3 is 2.74 bits per heavy atom. The molecule has 0 aliphatic heterocycles. The van der Waals surface area contributed by atoms with Crippen molar-refractivity contribution in [2.24, 2.45) is 0 Å². The number of benzene rings is 1. The molecule has 5 heteroatoms. The molecule has 0 radical (unpaired) electrons. The molecule has 0 spiro atoms. The zero-order chi connectivity index (χ0) is 13.7. The van der Waals surface area contributed by atoms with E-state index in [1.807, 2.05) is 0 Å². The van der Waals surface area contributed by atoms with Gasteiger partial charge in [-0.05, 0) is 35.9 Å². The van der Waals surface area contributed by atoms with Gasteiger partial charge in [-0.15, -0.1) is 0 Å². The fourth-order valence-corrected chi connectivity index (χ4v) is 1.56. The number of rotatable bonds is 4. The van der Waals surface area contributed by atoms with E-state index in [1.165, 1.54) is 31.4 Å². The van der Waals surface area contributed by atoms with Crippen LogP contribution >= 0.6 is 0 Å². The molecule has 1 heterocycles. The molecule has 2 rings (SSSR count). The molecule has 1 amide bonds. The van der Waals surface area contributed by atoms with E-state index in [0.29, 0.717) is 18.0 Å². The van der Waals surface area contributed by atoms with Gasteiger partial charge in [0.2, 0.25) is 5.88 Å². The number of amides is 1. The van der Waals surface area contributed by atoms with Gasteiger partial charge in [0.25, 0.3) is 5.91 Å². The molecule has 0 aliphatic carbocycles. The minimum absolute atomic E-state index is 0.254. The first kappa shape index (κ1) is 13.0. The minimum atomic E-state index is -0.365. The van der Waals surface area contributed by atoms with Crippen molar-refractivity contribution < 1.29 is 13.9 Å². The molecule has 19 heavy (non-hydrogen) atoms.